The van der Waals surface area contributed by atoms with Crippen molar-refractivity contribution >= 4 is 67.2 Å². The normalized spacial score (nSPS) is 11.4. The van der Waals surface area contributed by atoms with Crippen LogP contribution in [-0.2, 0) is 26.1 Å². The highest BCUT2D eigenvalue weighted by Gasteiger charge is 2.18. The SMILES string of the molecule is O=C(CSCc1ccc(Cl)c(Cl)c1)Nc1nnc(CS(=O)(=O)c2ccccc2)s1. The van der Waals surface area contributed by atoms with E-state index >= 15 is 0 Å². The van der Waals surface area contributed by atoms with E-state index in [1.165, 1.54) is 23.9 Å². The van der Waals surface area contributed by atoms with Crippen molar-refractivity contribution in [1.29, 1.82) is 0 Å². The van der Waals surface area contributed by atoms with Gasteiger partial charge < -0.3 is 0 Å². The summed E-state index contributed by atoms with van der Waals surface area (Å²) in [5.41, 5.74) is 0.960. The van der Waals surface area contributed by atoms with Gasteiger partial charge in [-0.05, 0) is 29.8 Å². The zero-order valence-corrected chi connectivity index (χ0v) is 18.8. The molecule has 0 aliphatic carbocycles. The van der Waals surface area contributed by atoms with E-state index in [-0.39, 0.29) is 27.4 Å². The highest BCUT2D eigenvalue weighted by molar-refractivity contribution is 7.99. The van der Waals surface area contributed by atoms with E-state index in [9.17, 15) is 13.2 Å². The number of anilines is 1. The maximum Gasteiger partial charge on any atom is 0.236 e. The molecule has 3 aromatic rings. The number of amides is 1. The Hall–Kier alpha value is -1.65. The average molecular weight is 488 g/mol. The Morgan fingerprint density at radius 1 is 1.07 bits per heavy atom. The first-order chi connectivity index (χ1) is 13.8. The molecule has 0 saturated carbocycles. The summed E-state index contributed by atoms with van der Waals surface area (Å²) in [6.07, 6.45) is 0. The number of carbonyl (C=O) groups excluding carboxylic acids is 1. The molecule has 0 unspecified atom stereocenters. The van der Waals surface area contributed by atoms with Crippen LogP contribution in [0, 0.1) is 0 Å². The largest absolute Gasteiger partial charge is 0.300 e. The molecule has 0 radical (unpaired) electrons. The maximum atomic E-state index is 12.4. The minimum Gasteiger partial charge on any atom is -0.300 e. The van der Waals surface area contributed by atoms with Crippen LogP contribution in [0.15, 0.2) is 53.4 Å². The van der Waals surface area contributed by atoms with Gasteiger partial charge in [-0.2, -0.15) is 0 Å². The first kappa shape index (κ1) is 22.0. The first-order valence-corrected chi connectivity index (χ1v) is 12.6. The molecule has 1 N–H and O–H groups in total. The molecule has 3 rings (SSSR count). The Bertz CT molecular complexity index is 1110. The third-order valence-electron chi connectivity index (χ3n) is 3.61. The summed E-state index contributed by atoms with van der Waals surface area (Å²) in [7, 11) is -3.51. The van der Waals surface area contributed by atoms with E-state index in [1.807, 2.05) is 6.07 Å². The number of thioether (sulfide) groups is 1. The summed E-state index contributed by atoms with van der Waals surface area (Å²) in [4.78, 5) is 12.3. The van der Waals surface area contributed by atoms with Crippen molar-refractivity contribution in [2.45, 2.75) is 16.4 Å². The number of benzene rings is 2. The third-order valence-corrected chi connectivity index (χ3v) is 8.02. The molecule has 11 heteroatoms. The molecular weight excluding hydrogens is 473 g/mol. The van der Waals surface area contributed by atoms with E-state index in [2.05, 4.69) is 15.5 Å². The molecule has 2 aromatic carbocycles. The van der Waals surface area contributed by atoms with Gasteiger partial charge in [-0.15, -0.1) is 22.0 Å². The molecule has 0 atom stereocenters. The van der Waals surface area contributed by atoms with Crippen molar-refractivity contribution in [2.24, 2.45) is 0 Å². The van der Waals surface area contributed by atoms with Crippen LogP contribution in [0.2, 0.25) is 10.0 Å². The van der Waals surface area contributed by atoms with Crippen molar-refractivity contribution in [2.75, 3.05) is 11.1 Å². The molecule has 29 heavy (non-hydrogen) atoms. The van der Waals surface area contributed by atoms with Gasteiger partial charge in [0.05, 0.1) is 20.7 Å². The van der Waals surface area contributed by atoms with Crippen LogP contribution in [0.3, 0.4) is 0 Å². The Balaban J connectivity index is 1.50. The van der Waals surface area contributed by atoms with Gasteiger partial charge in [0.2, 0.25) is 11.0 Å². The van der Waals surface area contributed by atoms with E-state index < -0.39 is 9.84 Å². The fourth-order valence-corrected chi connectivity index (χ4v) is 5.75. The molecule has 1 heterocycles. The lowest BCUT2D eigenvalue weighted by molar-refractivity contribution is -0.113. The second kappa shape index (κ2) is 9.90. The van der Waals surface area contributed by atoms with E-state index in [1.54, 1.807) is 30.3 Å². The number of carbonyl (C=O) groups is 1. The summed E-state index contributed by atoms with van der Waals surface area (Å²) in [5.74, 6) is 0.290. The molecule has 0 aliphatic heterocycles. The number of hydrogen-bond donors (Lipinski definition) is 1. The quantitative estimate of drug-likeness (QED) is 0.495. The lowest BCUT2D eigenvalue weighted by atomic mass is 10.2. The van der Waals surface area contributed by atoms with Crippen molar-refractivity contribution in [3.05, 3.63) is 69.1 Å². The summed E-state index contributed by atoms with van der Waals surface area (Å²) in [5, 5.41) is 11.9. The molecule has 0 aliphatic rings. The minimum atomic E-state index is -3.51. The van der Waals surface area contributed by atoms with Crippen molar-refractivity contribution in [1.82, 2.24) is 10.2 Å². The van der Waals surface area contributed by atoms with Crippen molar-refractivity contribution in [3.63, 3.8) is 0 Å². The lowest BCUT2D eigenvalue weighted by Crippen LogP contribution is -2.14. The average Bonchev–Trinajstić information content (AvgIpc) is 3.11. The number of nitrogens with zero attached hydrogens (tertiary/aromatic N) is 2. The molecule has 152 valence electrons. The van der Waals surface area contributed by atoms with Crippen molar-refractivity contribution in [3.8, 4) is 0 Å². The van der Waals surface area contributed by atoms with Gasteiger partial charge >= 0.3 is 0 Å². The summed E-state index contributed by atoms with van der Waals surface area (Å²) in [6.45, 7) is 0. The molecule has 1 aromatic heterocycles. The monoisotopic (exact) mass is 487 g/mol. The molecule has 0 fully saturated rings. The third kappa shape index (κ3) is 6.42. The topological polar surface area (TPSA) is 89.0 Å². The van der Waals surface area contributed by atoms with Gasteiger partial charge in [0.25, 0.3) is 0 Å². The Kier molecular flexibility index (Phi) is 7.53. The van der Waals surface area contributed by atoms with Gasteiger partial charge in [-0.25, -0.2) is 8.42 Å². The lowest BCUT2D eigenvalue weighted by Gasteiger charge is -2.04. The Morgan fingerprint density at radius 3 is 2.55 bits per heavy atom. The molecule has 0 bridgehead atoms. The fourth-order valence-electron chi connectivity index (χ4n) is 2.28. The van der Waals surface area contributed by atoms with Gasteiger partial charge in [0.15, 0.2) is 9.84 Å². The van der Waals surface area contributed by atoms with E-state index in [0.717, 1.165) is 16.9 Å². The summed E-state index contributed by atoms with van der Waals surface area (Å²) >= 11 is 14.3. The first-order valence-electron chi connectivity index (χ1n) is 8.25. The maximum absolute atomic E-state index is 12.4. The summed E-state index contributed by atoms with van der Waals surface area (Å²) in [6, 6.07) is 13.5. The summed E-state index contributed by atoms with van der Waals surface area (Å²) < 4.78 is 24.8. The Labute approximate surface area is 186 Å². The Morgan fingerprint density at radius 2 is 1.83 bits per heavy atom. The zero-order valence-electron chi connectivity index (χ0n) is 14.8. The number of halogens is 2. The van der Waals surface area contributed by atoms with Gasteiger partial charge in [-0.1, -0.05) is 58.8 Å². The minimum absolute atomic E-state index is 0.206. The second-order valence-corrected chi connectivity index (χ2v) is 10.7. The fraction of sp³-hybridized carbons (Fsp3) is 0.167. The number of nitrogens with one attached hydrogen (secondary N) is 1. The molecular formula is C18H15Cl2N3O3S3. The number of sulfone groups is 1. The van der Waals surface area contributed by atoms with Gasteiger partial charge in [0, 0.05) is 5.75 Å². The molecule has 0 spiro atoms. The van der Waals surface area contributed by atoms with E-state index in [4.69, 9.17) is 23.2 Å². The molecule has 0 saturated heterocycles. The van der Waals surface area contributed by atoms with Crippen LogP contribution in [0.1, 0.15) is 10.6 Å². The number of hydrogen-bond acceptors (Lipinski definition) is 7. The predicted octanol–water partition coefficient (Wildman–Crippen LogP) is 4.69. The highest BCUT2D eigenvalue weighted by atomic mass is 35.5. The van der Waals surface area contributed by atoms with Crippen molar-refractivity contribution < 1.29 is 13.2 Å². The second-order valence-electron chi connectivity index (χ2n) is 5.86. The van der Waals surface area contributed by atoms with Crippen LogP contribution in [0.25, 0.3) is 0 Å². The zero-order chi connectivity index (χ0) is 20.9. The standard InChI is InChI=1S/C18H15Cl2N3O3S3/c19-14-7-6-12(8-15(14)20)9-27-10-16(24)21-18-23-22-17(28-18)11-29(25,26)13-4-2-1-3-5-13/h1-8H,9-11H2,(H,21,23,24). The van der Waals surface area contributed by atoms with Gasteiger partial charge in [-0.3, -0.25) is 10.1 Å². The van der Waals surface area contributed by atoms with Crippen LogP contribution < -0.4 is 5.32 Å². The number of aromatic nitrogens is 2. The van der Waals surface area contributed by atoms with E-state index in [0.29, 0.717) is 20.8 Å². The smallest absolute Gasteiger partial charge is 0.236 e. The molecule has 1 amide bonds. The van der Waals surface area contributed by atoms with Crippen LogP contribution in [0.5, 0.6) is 0 Å². The number of rotatable bonds is 8. The highest BCUT2D eigenvalue weighted by Crippen LogP contribution is 2.25. The van der Waals surface area contributed by atoms with Crippen LogP contribution in [-0.4, -0.2) is 30.3 Å². The van der Waals surface area contributed by atoms with Crippen LogP contribution >= 0.6 is 46.3 Å². The molecule has 6 nitrogen and oxygen atoms in total. The predicted molar refractivity (Wildman–Crippen MR) is 118 cm³/mol. The van der Waals surface area contributed by atoms with Crippen LogP contribution in [0.4, 0.5) is 5.13 Å². The van der Waals surface area contributed by atoms with Gasteiger partial charge in [0.1, 0.15) is 10.8 Å².